The highest BCUT2D eigenvalue weighted by molar-refractivity contribution is 5.67. The van der Waals surface area contributed by atoms with E-state index >= 15 is 0 Å². The predicted molar refractivity (Wildman–Crippen MR) is 42.1 cm³/mol. The first-order valence-corrected chi connectivity index (χ1v) is 4.01. The van der Waals surface area contributed by atoms with Crippen LogP contribution in [0.2, 0.25) is 0 Å². The lowest BCUT2D eigenvalue weighted by atomic mass is 9.96. The van der Waals surface area contributed by atoms with Crippen LogP contribution in [-0.4, -0.2) is 19.2 Å². The van der Waals surface area contributed by atoms with Crippen molar-refractivity contribution in [3.8, 4) is 0 Å². The SMILES string of the molecule is COC(=O)NC1[CH]CCCC1. The average molecular weight is 156 g/mol. The minimum Gasteiger partial charge on any atom is -0.453 e. The van der Waals surface area contributed by atoms with Crippen molar-refractivity contribution in [3.63, 3.8) is 0 Å². The van der Waals surface area contributed by atoms with E-state index in [-0.39, 0.29) is 12.1 Å². The molecule has 1 aliphatic carbocycles. The summed E-state index contributed by atoms with van der Waals surface area (Å²) in [7, 11) is 1.39. The Morgan fingerprint density at radius 1 is 1.64 bits per heavy atom. The Labute approximate surface area is 67.1 Å². The third-order valence-corrected chi connectivity index (χ3v) is 1.91. The number of alkyl carbamates (subject to hydrolysis) is 1. The average Bonchev–Trinajstić information content (AvgIpc) is 2.06. The van der Waals surface area contributed by atoms with Gasteiger partial charge in [0, 0.05) is 6.04 Å². The highest BCUT2D eigenvalue weighted by Crippen LogP contribution is 2.16. The molecule has 0 aromatic carbocycles. The predicted octanol–water partition coefficient (Wildman–Crippen LogP) is 1.49. The number of hydrogen-bond acceptors (Lipinski definition) is 2. The summed E-state index contributed by atoms with van der Waals surface area (Å²) in [6, 6.07) is 0.233. The molecule has 0 spiro atoms. The molecule has 1 saturated carbocycles. The molecule has 0 bridgehead atoms. The van der Waals surface area contributed by atoms with Gasteiger partial charge in [-0.25, -0.2) is 4.79 Å². The molecule has 1 atom stereocenters. The first kappa shape index (κ1) is 8.37. The highest BCUT2D eigenvalue weighted by Gasteiger charge is 2.15. The van der Waals surface area contributed by atoms with Gasteiger partial charge in [-0.3, -0.25) is 0 Å². The molecule has 0 saturated heterocycles. The van der Waals surface area contributed by atoms with E-state index < -0.39 is 0 Å². The molecule has 0 heterocycles. The van der Waals surface area contributed by atoms with Crippen molar-refractivity contribution >= 4 is 6.09 Å². The normalized spacial score (nSPS) is 19.4. The van der Waals surface area contributed by atoms with Crippen LogP contribution in [0.4, 0.5) is 4.79 Å². The maximum Gasteiger partial charge on any atom is 0.407 e. The molecule has 63 valence electrons. The molecule has 1 aliphatic rings. The minimum absolute atomic E-state index is 0.233. The third-order valence-electron chi connectivity index (χ3n) is 1.91. The summed E-state index contributed by atoms with van der Waals surface area (Å²) in [5.41, 5.74) is 0. The monoisotopic (exact) mass is 156 g/mol. The maximum absolute atomic E-state index is 10.7. The van der Waals surface area contributed by atoms with E-state index in [1.54, 1.807) is 0 Å². The molecule has 3 heteroatoms. The van der Waals surface area contributed by atoms with Gasteiger partial charge in [-0.15, -0.1) is 0 Å². The second kappa shape index (κ2) is 4.21. The number of nitrogens with one attached hydrogen (secondary N) is 1. The molecule has 0 aliphatic heterocycles. The van der Waals surface area contributed by atoms with E-state index in [0.717, 1.165) is 12.8 Å². The van der Waals surface area contributed by atoms with Gasteiger partial charge in [-0.05, 0) is 19.3 Å². The van der Waals surface area contributed by atoms with Gasteiger partial charge in [0.2, 0.25) is 0 Å². The number of rotatable bonds is 1. The number of hydrogen-bond donors (Lipinski definition) is 1. The van der Waals surface area contributed by atoms with Crippen LogP contribution in [0, 0.1) is 6.42 Å². The molecule has 1 radical (unpaired) electrons. The lowest BCUT2D eigenvalue weighted by molar-refractivity contribution is 0.166. The van der Waals surface area contributed by atoms with Crippen LogP contribution in [0.25, 0.3) is 0 Å². The van der Waals surface area contributed by atoms with E-state index in [1.165, 1.54) is 20.0 Å². The van der Waals surface area contributed by atoms with Gasteiger partial charge in [0.25, 0.3) is 0 Å². The molecule has 11 heavy (non-hydrogen) atoms. The van der Waals surface area contributed by atoms with Crippen LogP contribution >= 0.6 is 0 Å². The molecule has 0 aromatic heterocycles. The summed E-state index contributed by atoms with van der Waals surface area (Å²) in [6.45, 7) is 0. The number of amides is 1. The van der Waals surface area contributed by atoms with Gasteiger partial charge in [0.1, 0.15) is 0 Å². The molecule has 0 aromatic rings. The molecule has 1 fully saturated rings. The van der Waals surface area contributed by atoms with Crippen LogP contribution < -0.4 is 5.32 Å². The lowest BCUT2D eigenvalue weighted by Gasteiger charge is -2.21. The number of carbonyl (C=O) groups excluding carboxylic acids is 1. The van der Waals surface area contributed by atoms with Crippen molar-refractivity contribution in [1.29, 1.82) is 0 Å². The van der Waals surface area contributed by atoms with E-state index in [1.807, 2.05) is 0 Å². The van der Waals surface area contributed by atoms with Gasteiger partial charge in [0.05, 0.1) is 7.11 Å². The van der Waals surface area contributed by atoms with Crippen molar-refractivity contribution in [3.05, 3.63) is 6.42 Å². The molecular formula is C8H14NO2. The van der Waals surface area contributed by atoms with Gasteiger partial charge in [-0.2, -0.15) is 0 Å². The fourth-order valence-electron chi connectivity index (χ4n) is 1.29. The largest absolute Gasteiger partial charge is 0.453 e. The van der Waals surface area contributed by atoms with Gasteiger partial charge >= 0.3 is 6.09 Å². The fourth-order valence-corrected chi connectivity index (χ4v) is 1.29. The fraction of sp³-hybridized carbons (Fsp3) is 0.750. The van der Waals surface area contributed by atoms with E-state index in [9.17, 15) is 4.79 Å². The van der Waals surface area contributed by atoms with Crippen molar-refractivity contribution < 1.29 is 9.53 Å². The van der Waals surface area contributed by atoms with E-state index in [0.29, 0.717) is 0 Å². The molecule has 1 amide bonds. The van der Waals surface area contributed by atoms with Gasteiger partial charge in [-0.1, -0.05) is 12.8 Å². The Bertz CT molecular complexity index is 130. The second-order valence-corrected chi connectivity index (χ2v) is 2.76. The summed E-state index contributed by atoms with van der Waals surface area (Å²) in [5, 5.41) is 2.75. The smallest absolute Gasteiger partial charge is 0.407 e. The molecule has 3 nitrogen and oxygen atoms in total. The van der Waals surface area contributed by atoms with E-state index in [2.05, 4.69) is 16.5 Å². The zero-order valence-corrected chi connectivity index (χ0v) is 6.80. The first-order valence-electron chi connectivity index (χ1n) is 4.01. The Hall–Kier alpha value is -0.730. The Morgan fingerprint density at radius 3 is 3.00 bits per heavy atom. The zero-order chi connectivity index (χ0) is 8.10. The van der Waals surface area contributed by atoms with Gasteiger partial charge in [0.15, 0.2) is 0 Å². The standard InChI is InChI=1S/C8H14NO2/c1-11-8(10)9-7-5-3-2-4-6-7/h5,7H,2-4,6H2,1H3,(H,9,10). The topological polar surface area (TPSA) is 38.3 Å². The van der Waals surface area contributed by atoms with Crippen molar-refractivity contribution in [1.82, 2.24) is 5.32 Å². The highest BCUT2D eigenvalue weighted by atomic mass is 16.5. The van der Waals surface area contributed by atoms with Crippen LogP contribution in [-0.2, 0) is 4.74 Å². The van der Waals surface area contributed by atoms with E-state index in [4.69, 9.17) is 0 Å². The second-order valence-electron chi connectivity index (χ2n) is 2.76. The maximum atomic E-state index is 10.7. The van der Waals surface area contributed by atoms with Crippen molar-refractivity contribution in [2.24, 2.45) is 0 Å². The number of ether oxygens (including phenoxy) is 1. The number of carbonyl (C=O) groups is 1. The molecular weight excluding hydrogens is 142 g/mol. The molecule has 1 N–H and O–H groups in total. The minimum atomic E-state index is -0.326. The van der Waals surface area contributed by atoms with Crippen LogP contribution in [0.1, 0.15) is 25.7 Å². The first-order chi connectivity index (χ1) is 5.33. The Morgan fingerprint density at radius 2 is 2.45 bits per heavy atom. The Balaban J connectivity index is 2.19. The Kier molecular flexibility index (Phi) is 3.20. The van der Waals surface area contributed by atoms with Crippen molar-refractivity contribution in [2.45, 2.75) is 31.7 Å². The third kappa shape index (κ3) is 2.78. The summed E-state index contributed by atoms with van der Waals surface area (Å²) < 4.78 is 4.48. The van der Waals surface area contributed by atoms with Crippen LogP contribution in [0.15, 0.2) is 0 Å². The molecule has 1 unspecified atom stereocenters. The summed E-state index contributed by atoms with van der Waals surface area (Å²) in [6.07, 6.45) is 6.42. The van der Waals surface area contributed by atoms with Crippen molar-refractivity contribution in [2.75, 3.05) is 7.11 Å². The zero-order valence-electron chi connectivity index (χ0n) is 6.80. The van der Waals surface area contributed by atoms with Crippen LogP contribution in [0.3, 0.4) is 0 Å². The van der Waals surface area contributed by atoms with Crippen LogP contribution in [0.5, 0.6) is 0 Å². The summed E-state index contributed by atoms with van der Waals surface area (Å²) in [5.74, 6) is 0. The number of methoxy groups -OCH3 is 1. The quantitative estimate of drug-likeness (QED) is 0.624. The molecule has 1 rings (SSSR count). The summed E-state index contributed by atoms with van der Waals surface area (Å²) in [4.78, 5) is 10.7. The lowest BCUT2D eigenvalue weighted by Crippen LogP contribution is -2.36. The summed E-state index contributed by atoms with van der Waals surface area (Å²) >= 11 is 0. The van der Waals surface area contributed by atoms with Gasteiger partial charge < -0.3 is 10.1 Å².